The van der Waals surface area contributed by atoms with E-state index in [1.54, 1.807) is 25.3 Å². The maximum atomic E-state index is 11.7. The molecule has 0 saturated heterocycles. The molecular formula is C11H16BrClN2O3. The third-order valence-corrected chi connectivity index (χ3v) is 2.86. The molecule has 0 aliphatic carbocycles. The molecule has 0 bridgehead atoms. The minimum absolute atomic E-state index is 0. The molecule has 0 radical (unpaired) electrons. The van der Waals surface area contributed by atoms with Crippen LogP contribution in [0, 0.1) is 0 Å². The number of ether oxygens (including phenoxy) is 2. The molecule has 1 amide bonds. The molecule has 102 valence electrons. The van der Waals surface area contributed by atoms with Gasteiger partial charge in [-0.3, -0.25) is 4.79 Å². The number of benzene rings is 1. The molecule has 0 fully saturated rings. The summed E-state index contributed by atoms with van der Waals surface area (Å²) in [6.07, 6.45) is -0.648. The maximum absolute atomic E-state index is 11.7. The number of hydrogen-bond acceptors (Lipinski definition) is 4. The average molecular weight is 340 g/mol. The fraction of sp³-hybridized carbons (Fsp3) is 0.364. The molecule has 1 aromatic rings. The van der Waals surface area contributed by atoms with Gasteiger partial charge in [-0.15, -0.1) is 12.4 Å². The molecule has 0 spiro atoms. The van der Waals surface area contributed by atoms with Gasteiger partial charge >= 0.3 is 0 Å². The maximum Gasteiger partial charge on any atom is 0.254 e. The van der Waals surface area contributed by atoms with Crippen LogP contribution >= 0.6 is 28.3 Å². The van der Waals surface area contributed by atoms with Crippen molar-refractivity contribution < 1.29 is 14.3 Å². The van der Waals surface area contributed by atoms with Crippen LogP contribution in [0.3, 0.4) is 0 Å². The summed E-state index contributed by atoms with van der Waals surface area (Å²) in [5.41, 5.74) is 6.03. The highest BCUT2D eigenvalue weighted by molar-refractivity contribution is 9.10. The van der Waals surface area contributed by atoms with E-state index in [2.05, 4.69) is 21.2 Å². The van der Waals surface area contributed by atoms with Gasteiger partial charge in [0.2, 0.25) is 0 Å². The second kappa shape index (κ2) is 8.31. The van der Waals surface area contributed by atoms with Crippen molar-refractivity contribution in [3.63, 3.8) is 0 Å². The van der Waals surface area contributed by atoms with Gasteiger partial charge in [0.15, 0.2) is 0 Å². The van der Waals surface area contributed by atoms with Crippen molar-refractivity contribution in [2.75, 3.05) is 26.1 Å². The fourth-order valence-electron chi connectivity index (χ4n) is 1.27. The van der Waals surface area contributed by atoms with Crippen molar-refractivity contribution in [1.29, 1.82) is 0 Å². The molecule has 5 nitrogen and oxygen atoms in total. The molecule has 0 aliphatic rings. The number of nitrogens with one attached hydrogen (secondary N) is 1. The largest absolute Gasteiger partial charge is 0.495 e. The molecule has 0 aliphatic heterocycles. The molecular weight excluding hydrogens is 323 g/mol. The summed E-state index contributed by atoms with van der Waals surface area (Å²) in [5.74, 6) is 0.365. The quantitative estimate of drug-likeness (QED) is 0.858. The van der Waals surface area contributed by atoms with Gasteiger partial charge in [-0.2, -0.15) is 0 Å². The molecule has 0 heterocycles. The number of nitrogens with two attached hydrogens (primary N) is 1. The Hall–Kier alpha value is -0.820. The molecule has 0 saturated carbocycles. The second-order valence-corrected chi connectivity index (χ2v) is 4.15. The minimum Gasteiger partial charge on any atom is -0.495 e. The first kappa shape index (κ1) is 17.2. The van der Waals surface area contributed by atoms with E-state index in [-0.39, 0.29) is 24.9 Å². The number of carbonyl (C=O) groups is 1. The molecule has 1 unspecified atom stereocenters. The first-order valence-electron chi connectivity index (χ1n) is 4.99. The molecule has 1 aromatic carbocycles. The van der Waals surface area contributed by atoms with Gasteiger partial charge in [0.05, 0.1) is 11.6 Å². The van der Waals surface area contributed by atoms with Crippen molar-refractivity contribution in [1.82, 2.24) is 0 Å². The van der Waals surface area contributed by atoms with E-state index in [9.17, 15) is 4.79 Å². The van der Waals surface area contributed by atoms with Crippen LogP contribution in [0.5, 0.6) is 5.75 Å². The predicted molar refractivity (Wildman–Crippen MR) is 76.4 cm³/mol. The molecule has 18 heavy (non-hydrogen) atoms. The summed E-state index contributed by atoms with van der Waals surface area (Å²) in [4.78, 5) is 11.7. The Morgan fingerprint density at radius 1 is 1.50 bits per heavy atom. The van der Waals surface area contributed by atoms with E-state index < -0.39 is 6.10 Å². The predicted octanol–water partition coefficient (Wildman–Crippen LogP) is 1.79. The first-order chi connectivity index (χ1) is 8.12. The number of hydrogen-bond donors (Lipinski definition) is 2. The number of amides is 1. The van der Waals surface area contributed by atoms with Gasteiger partial charge in [0.1, 0.15) is 11.9 Å². The van der Waals surface area contributed by atoms with Crippen LogP contribution < -0.4 is 15.8 Å². The summed E-state index contributed by atoms with van der Waals surface area (Å²) in [7, 11) is 3.00. The van der Waals surface area contributed by atoms with Gasteiger partial charge < -0.3 is 20.5 Å². The van der Waals surface area contributed by atoms with Crippen molar-refractivity contribution in [3.8, 4) is 5.75 Å². The van der Waals surface area contributed by atoms with Gasteiger partial charge in [0.25, 0.3) is 5.91 Å². The Morgan fingerprint density at radius 3 is 2.67 bits per heavy atom. The lowest BCUT2D eigenvalue weighted by molar-refractivity contribution is -0.125. The van der Waals surface area contributed by atoms with Crippen LogP contribution in [0.15, 0.2) is 22.7 Å². The lowest BCUT2D eigenvalue weighted by atomic mass is 10.2. The van der Waals surface area contributed by atoms with Crippen LogP contribution in [0.1, 0.15) is 0 Å². The summed E-state index contributed by atoms with van der Waals surface area (Å²) >= 11 is 3.33. The fourth-order valence-corrected chi connectivity index (χ4v) is 1.68. The Labute approximate surface area is 121 Å². The van der Waals surface area contributed by atoms with E-state index in [1.807, 2.05) is 0 Å². The number of halogens is 2. The molecule has 1 atom stereocenters. The Morgan fingerprint density at radius 2 is 2.17 bits per heavy atom. The summed E-state index contributed by atoms with van der Waals surface area (Å²) < 4.78 is 10.9. The third kappa shape index (κ3) is 4.45. The monoisotopic (exact) mass is 338 g/mol. The number of rotatable bonds is 5. The SMILES string of the molecule is COc1cc(NC(=O)C(CN)OC)ccc1Br.Cl. The highest BCUT2D eigenvalue weighted by Gasteiger charge is 2.16. The smallest absolute Gasteiger partial charge is 0.254 e. The number of methoxy groups -OCH3 is 2. The summed E-state index contributed by atoms with van der Waals surface area (Å²) in [5, 5.41) is 2.70. The third-order valence-electron chi connectivity index (χ3n) is 2.21. The van der Waals surface area contributed by atoms with E-state index in [0.717, 1.165) is 4.47 Å². The Bertz CT molecular complexity index is 400. The zero-order valence-electron chi connectivity index (χ0n) is 10.1. The Balaban J connectivity index is 0.00000289. The normalized spacial score (nSPS) is 11.3. The van der Waals surface area contributed by atoms with Crippen molar-refractivity contribution in [2.45, 2.75) is 6.10 Å². The minimum atomic E-state index is -0.648. The highest BCUT2D eigenvalue weighted by Crippen LogP contribution is 2.27. The number of carbonyl (C=O) groups excluding carboxylic acids is 1. The van der Waals surface area contributed by atoms with Crippen LogP contribution in [0.2, 0.25) is 0 Å². The average Bonchev–Trinajstić information content (AvgIpc) is 2.33. The van der Waals surface area contributed by atoms with Gasteiger partial charge in [0, 0.05) is 25.4 Å². The zero-order chi connectivity index (χ0) is 12.8. The first-order valence-corrected chi connectivity index (χ1v) is 5.79. The van der Waals surface area contributed by atoms with E-state index >= 15 is 0 Å². The molecule has 0 aromatic heterocycles. The summed E-state index contributed by atoms with van der Waals surface area (Å²) in [6.45, 7) is 0.135. The second-order valence-electron chi connectivity index (χ2n) is 3.30. The van der Waals surface area contributed by atoms with Gasteiger partial charge in [-0.25, -0.2) is 0 Å². The topological polar surface area (TPSA) is 73.6 Å². The lowest BCUT2D eigenvalue weighted by Gasteiger charge is -2.13. The summed E-state index contributed by atoms with van der Waals surface area (Å²) in [6, 6.07) is 5.26. The Kier molecular flexibility index (Phi) is 7.93. The van der Waals surface area contributed by atoms with Crippen LogP contribution in [-0.4, -0.2) is 32.8 Å². The molecule has 3 N–H and O–H groups in total. The zero-order valence-corrected chi connectivity index (χ0v) is 12.5. The molecule has 1 rings (SSSR count). The van der Waals surface area contributed by atoms with E-state index in [4.69, 9.17) is 15.2 Å². The van der Waals surface area contributed by atoms with Gasteiger partial charge in [-0.1, -0.05) is 0 Å². The standard InChI is InChI=1S/C11H15BrN2O3.ClH/c1-16-9-5-7(3-4-8(9)12)14-11(15)10(6-13)17-2;/h3-5,10H,6,13H2,1-2H3,(H,14,15);1H. The van der Waals surface area contributed by atoms with Crippen molar-refractivity contribution in [3.05, 3.63) is 22.7 Å². The van der Waals surface area contributed by atoms with E-state index in [1.165, 1.54) is 7.11 Å². The van der Waals surface area contributed by atoms with Gasteiger partial charge in [-0.05, 0) is 28.1 Å². The van der Waals surface area contributed by atoms with E-state index in [0.29, 0.717) is 11.4 Å². The van der Waals surface area contributed by atoms with Crippen LogP contribution in [0.25, 0.3) is 0 Å². The van der Waals surface area contributed by atoms with Crippen molar-refractivity contribution >= 4 is 39.9 Å². The lowest BCUT2D eigenvalue weighted by Crippen LogP contribution is -2.35. The van der Waals surface area contributed by atoms with Crippen molar-refractivity contribution in [2.24, 2.45) is 5.73 Å². The highest BCUT2D eigenvalue weighted by atomic mass is 79.9. The van der Waals surface area contributed by atoms with Crippen LogP contribution in [0.4, 0.5) is 5.69 Å². The number of anilines is 1. The van der Waals surface area contributed by atoms with Crippen LogP contribution in [-0.2, 0) is 9.53 Å². The molecule has 7 heteroatoms.